The Morgan fingerprint density at radius 2 is 1.88 bits per heavy atom. The molecule has 0 unspecified atom stereocenters. The van der Waals surface area contributed by atoms with Crippen LogP contribution in [0.3, 0.4) is 0 Å². The second-order valence-corrected chi connectivity index (χ2v) is 6.08. The number of halogens is 1. The lowest BCUT2D eigenvalue weighted by Gasteiger charge is -2.18. The first-order valence-corrected chi connectivity index (χ1v) is 8.07. The van der Waals surface area contributed by atoms with E-state index in [9.17, 15) is 9.90 Å². The highest BCUT2D eigenvalue weighted by Crippen LogP contribution is 2.17. The fraction of sp³-hybridized carbons (Fsp3) is 0.278. The topological polar surface area (TPSA) is 81.6 Å². The zero-order valence-corrected chi connectivity index (χ0v) is 14.1. The molecule has 0 spiro atoms. The quantitative estimate of drug-likeness (QED) is 0.589. The van der Waals surface area contributed by atoms with Crippen LogP contribution in [0.1, 0.15) is 28.9 Å². The summed E-state index contributed by atoms with van der Waals surface area (Å²) in [5, 5.41) is 26.1. The standard InChI is InChI=1S/C18H21ClN2O3/c1-12(10-21-16-7-5-13(6-8-16)18(23)24)20-11-17(22)14-3-2-4-15(19)9-14/h2-9,12,17,20-22H,10-11H2,1H3,(H,23,24)/t12-,17+/m1/s1. The molecule has 0 amide bonds. The number of aliphatic hydroxyl groups excluding tert-OH is 1. The Morgan fingerprint density at radius 1 is 1.17 bits per heavy atom. The fourth-order valence-corrected chi connectivity index (χ4v) is 2.42. The summed E-state index contributed by atoms with van der Waals surface area (Å²) >= 11 is 5.92. The van der Waals surface area contributed by atoms with E-state index in [0.29, 0.717) is 18.1 Å². The molecule has 2 rings (SSSR count). The van der Waals surface area contributed by atoms with Crippen molar-refractivity contribution in [3.8, 4) is 0 Å². The molecule has 24 heavy (non-hydrogen) atoms. The summed E-state index contributed by atoms with van der Waals surface area (Å²) in [6.07, 6.45) is -0.624. The number of anilines is 1. The third-order valence-corrected chi connectivity index (χ3v) is 3.87. The molecule has 6 heteroatoms. The molecule has 0 aliphatic heterocycles. The molecule has 0 saturated carbocycles. The number of carboxylic acid groups (broad SMARTS) is 1. The third kappa shape index (κ3) is 5.53. The number of aliphatic hydroxyl groups is 1. The van der Waals surface area contributed by atoms with Crippen molar-refractivity contribution in [1.29, 1.82) is 0 Å². The molecule has 128 valence electrons. The zero-order valence-electron chi connectivity index (χ0n) is 13.4. The number of aromatic carboxylic acids is 1. The van der Waals surface area contributed by atoms with Crippen molar-refractivity contribution in [2.24, 2.45) is 0 Å². The molecule has 0 bridgehead atoms. The van der Waals surface area contributed by atoms with Crippen LogP contribution >= 0.6 is 11.6 Å². The van der Waals surface area contributed by atoms with Gasteiger partial charge < -0.3 is 20.8 Å². The lowest BCUT2D eigenvalue weighted by atomic mass is 10.1. The highest BCUT2D eigenvalue weighted by molar-refractivity contribution is 6.30. The first kappa shape index (κ1) is 18.3. The van der Waals surface area contributed by atoms with Crippen LogP contribution < -0.4 is 10.6 Å². The summed E-state index contributed by atoms with van der Waals surface area (Å²) in [4.78, 5) is 10.8. The van der Waals surface area contributed by atoms with Gasteiger partial charge in [-0.25, -0.2) is 4.79 Å². The average molecular weight is 349 g/mol. The van der Waals surface area contributed by atoms with Crippen LogP contribution in [0.2, 0.25) is 5.02 Å². The molecule has 0 aromatic heterocycles. The van der Waals surface area contributed by atoms with Crippen molar-refractivity contribution >= 4 is 23.3 Å². The highest BCUT2D eigenvalue weighted by atomic mass is 35.5. The van der Waals surface area contributed by atoms with Gasteiger partial charge in [-0.2, -0.15) is 0 Å². The molecule has 2 atom stereocenters. The Hall–Kier alpha value is -2.08. The summed E-state index contributed by atoms with van der Waals surface area (Å²) in [7, 11) is 0. The average Bonchev–Trinajstić information content (AvgIpc) is 2.58. The normalized spacial score (nSPS) is 13.3. The Balaban J connectivity index is 1.76. The van der Waals surface area contributed by atoms with Crippen LogP contribution in [0.15, 0.2) is 48.5 Å². The van der Waals surface area contributed by atoms with E-state index in [1.165, 1.54) is 0 Å². The van der Waals surface area contributed by atoms with E-state index < -0.39 is 12.1 Å². The summed E-state index contributed by atoms with van der Waals surface area (Å²) < 4.78 is 0. The van der Waals surface area contributed by atoms with Crippen molar-refractivity contribution in [2.45, 2.75) is 19.1 Å². The largest absolute Gasteiger partial charge is 0.478 e. The van der Waals surface area contributed by atoms with Gasteiger partial charge in [0.25, 0.3) is 0 Å². The number of hydrogen-bond acceptors (Lipinski definition) is 4. The fourth-order valence-electron chi connectivity index (χ4n) is 2.22. The Labute approximate surface area is 146 Å². The van der Waals surface area contributed by atoms with Gasteiger partial charge in [-0.3, -0.25) is 0 Å². The van der Waals surface area contributed by atoms with Gasteiger partial charge in [-0.15, -0.1) is 0 Å². The Bertz CT molecular complexity index is 676. The van der Waals surface area contributed by atoms with E-state index in [0.717, 1.165) is 11.3 Å². The molecule has 2 aromatic carbocycles. The molecule has 4 N–H and O–H groups in total. The number of carbonyl (C=O) groups is 1. The Kier molecular flexibility index (Phi) is 6.61. The number of hydrogen-bond donors (Lipinski definition) is 4. The van der Waals surface area contributed by atoms with E-state index in [1.807, 2.05) is 19.1 Å². The minimum Gasteiger partial charge on any atom is -0.478 e. The summed E-state index contributed by atoms with van der Waals surface area (Å²) in [5.41, 5.74) is 1.89. The zero-order chi connectivity index (χ0) is 17.5. The van der Waals surface area contributed by atoms with Crippen molar-refractivity contribution in [1.82, 2.24) is 5.32 Å². The summed E-state index contributed by atoms with van der Waals surface area (Å²) in [6, 6.07) is 13.9. The van der Waals surface area contributed by atoms with Crippen LogP contribution in [0.4, 0.5) is 5.69 Å². The van der Waals surface area contributed by atoms with Gasteiger partial charge in [-0.1, -0.05) is 23.7 Å². The van der Waals surface area contributed by atoms with Crippen LogP contribution in [0, 0.1) is 0 Å². The van der Waals surface area contributed by atoms with E-state index >= 15 is 0 Å². The van der Waals surface area contributed by atoms with Gasteiger partial charge in [-0.05, 0) is 48.9 Å². The second kappa shape index (κ2) is 8.68. The first-order valence-electron chi connectivity index (χ1n) is 7.70. The molecule has 0 aliphatic carbocycles. The van der Waals surface area contributed by atoms with Crippen LogP contribution in [0.5, 0.6) is 0 Å². The predicted octanol–water partition coefficient (Wildman–Crippen LogP) is 3.16. The van der Waals surface area contributed by atoms with E-state index in [-0.39, 0.29) is 11.6 Å². The van der Waals surface area contributed by atoms with Crippen LogP contribution in [0.25, 0.3) is 0 Å². The SMILES string of the molecule is C[C@H](CNc1ccc(C(=O)O)cc1)NC[C@H](O)c1cccc(Cl)c1. The number of benzene rings is 2. The van der Waals surface area contributed by atoms with E-state index in [1.54, 1.807) is 36.4 Å². The Morgan fingerprint density at radius 3 is 2.50 bits per heavy atom. The number of rotatable bonds is 8. The monoisotopic (exact) mass is 348 g/mol. The minimum absolute atomic E-state index is 0.123. The van der Waals surface area contributed by atoms with E-state index in [4.69, 9.17) is 16.7 Å². The minimum atomic E-state index is -0.938. The van der Waals surface area contributed by atoms with Crippen molar-refractivity contribution in [3.05, 3.63) is 64.7 Å². The molecule has 0 aliphatic rings. The predicted molar refractivity (Wildman–Crippen MR) is 95.8 cm³/mol. The maximum atomic E-state index is 10.8. The lowest BCUT2D eigenvalue weighted by molar-refractivity contribution is 0.0697. The molecule has 0 heterocycles. The summed E-state index contributed by atoms with van der Waals surface area (Å²) in [5.74, 6) is -0.938. The van der Waals surface area contributed by atoms with Gasteiger partial charge in [0.1, 0.15) is 0 Å². The molecule has 0 radical (unpaired) electrons. The van der Waals surface area contributed by atoms with Gasteiger partial charge in [0.15, 0.2) is 0 Å². The maximum Gasteiger partial charge on any atom is 0.335 e. The molecule has 5 nitrogen and oxygen atoms in total. The molecule has 0 saturated heterocycles. The second-order valence-electron chi connectivity index (χ2n) is 5.64. The van der Waals surface area contributed by atoms with Gasteiger partial charge in [0.2, 0.25) is 0 Å². The van der Waals surface area contributed by atoms with Gasteiger partial charge >= 0.3 is 5.97 Å². The molecular weight excluding hydrogens is 328 g/mol. The van der Waals surface area contributed by atoms with Crippen LogP contribution in [-0.4, -0.2) is 35.3 Å². The first-order chi connectivity index (χ1) is 11.5. The molecule has 2 aromatic rings. The number of carboxylic acids is 1. The van der Waals surface area contributed by atoms with Crippen LogP contribution in [-0.2, 0) is 0 Å². The van der Waals surface area contributed by atoms with Crippen molar-refractivity contribution in [2.75, 3.05) is 18.4 Å². The van der Waals surface area contributed by atoms with Crippen molar-refractivity contribution in [3.63, 3.8) is 0 Å². The third-order valence-electron chi connectivity index (χ3n) is 3.64. The van der Waals surface area contributed by atoms with Gasteiger partial charge in [0, 0.05) is 29.8 Å². The smallest absolute Gasteiger partial charge is 0.335 e. The highest BCUT2D eigenvalue weighted by Gasteiger charge is 2.10. The van der Waals surface area contributed by atoms with Crippen molar-refractivity contribution < 1.29 is 15.0 Å². The molecular formula is C18H21ClN2O3. The summed E-state index contributed by atoms with van der Waals surface area (Å²) in [6.45, 7) is 3.07. The lowest BCUT2D eigenvalue weighted by Crippen LogP contribution is -2.35. The maximum absolute atomic E-state index is 10.8. The number of nitrogens with one attached hydrogen (secondary N) is 2. The van der Waals surface area contributed by atoms with E-state index in [2.05, 4.69) is 10.6 Å². The molecule has 0 fully saturated rings. The van der Waals surface area contributed by atoms with Gasteiger partial charge in [0.05, 0.1) is 11.7 Å².